The molecular formula is C81H77IrN3O-2. The van der Waals surface area contributed by atoms with Gasteiger partial charge in [-0.25, -0.2) is 0 Å². The van der Waals surface area contributed by atoms with Crippen molar-refractivity contribution in [3.8, 4) is 61.7 Å². The number of rotatable bonds is 8. The van der Waals surface area contributed by atoms with Crippen LogP contribution in [-0.4, -0.2) is 14.5 Å². The van der Waals surface area contributed by atoms with Crippen molar-refractivity contribution < 1.29 is 28.6 Å². The summed E-state index contributed by atoms with van der Waals surface area (Å²) < 4.78 is 32.8. The second-order valence-corrected chi connectivity index (χ2v) is 26.7. The number of para-hydroxylation sites is 2. The molecule has 5 heteroatoms. The predicted octanol–water partition coefficient (Wildman–Crippen LogP) is 22.7. The van der Waals surface area contributed by atoms with Gasteiger partial charge in [0.15, 0.2) is 0 Å². The minimum Gasteiger partial charge on any atom is -0.501 e. The Morgan fingerprint density at radius 2 is 1.13 bits per heavy atom. The van der Waals surface area contributed by atoms with E-state index in [1.165, 1.54) is 71.7 Å². The molecule has 0 atom stereocenters. The molecular weight excluding hydrogens is 1220 g/mol. The van der Waals surface area contributed by atoms with Crippen LogP contribution in [0.25, 0.3) is 116 Å². The van der Waals surface area contributed by atoms with Crippen LogP contribution < -0.4 is 0 Å². The number of nitrogens with zero attached hydrogens (tertiary/aromatic N) is 3. The second-order valence-electron chi connectivity index (χ2n) is 26.7. The van der Waals surface area contributed by atoms with Crippen LogP contribution in [0.1, 0.15) is 139 Å². The first-order chi connectivity index (χ1) is 41.8. The summed E-state index contributed by atoms with van der Waals surface area (Å²) in [7, 11) is 0. The van der Waals surface area contributed by atoms with Gasteiger partial charge in [0.25, 0.3) is 0 Å². The summed E-state index contributed by atoms with van der Waals surface area (Å²) in [5.74, 6) is 1.30. The number of imidazole rings is 1. The standard InChI is InChI=1S/C59H55N2O.C22H22N.Ir/c1-35(2)48-31-42(38-24-22-37(23-25-38)41-28-43(58(5,6)7)33-44(29-41)59(8,9)10)32-49(36(3)4)55(48)61-53-21-14-13-20-52(53)60-57(61)47-19-15-18-46-51-30-40-27-26-39-16-11-12-17-45(39)50(40)34-54(51)62-56(46)47;1-16-10-11-18(14-20(16)17-8-6-5-7-9-17)21-13-12-19(15-23-21)22(2,3)4;/h11-18,20-36H,1-10H3;5-10,12-15H,1-4H3;/q2*-1;/i;1D3;. The Morgan fingerprint density at radius 3 is 1.76 bits per heavy atom. The van der Waals surface area contributed by atoms with Gasteiger partial charge >= 0.3 is 0 Å². The van der Waals surface area contributed by atoms with E-state index in [1.807, 2.05) is 54.7 Å². The number of hydrogen-bond acceptors (Lipinski definition) is 3. The van der Waals surface area contributed by atoms with Crippen LogP contribution >= 0.6 is 0 Å². The van der Waals surface area contributed by atoms with Gasteiger partial charge in [-0.2, -0.15) is 0 Å². The van der Waals surface area contributed by atoms with E-state index in [1.54, 1.807) is 6.07 Å². The van der Waals surface area contributed by atoms with E-state index in [0.29, 0.717) is 11.1 Å². The van der Waals surface area contributed by atoms with Crippen molar-refractivity contribution in [2.45, 2.75) is 125 Å². The van der Waals surface area contributed by atoms with Gasteiger partial charge in [-0.15, -0.1) is 47.5 Å². The average molecular weight is 1300 g/mol. The predicted molar refractivity (Wildman–Crippen MR) is 361 cm³/mol. The quantitative estimate of drug-likeness (QED) is 0.112. The van der Waals surface area contributed by atoms with E-state index in [-0.39, 0.29) is 48.2 Å². The molecule has 3 heterocycles. The van der Waals surface area contributed by atoms with Gasteiger partial charge in [0, 0.05) is 41.5 Å². The molecule has 0 spiro atoms. The number of aromatic nitrogens is 3. The SMILES string of the molecule is CC(C)c1cc(-c2ccc(-c3cc(C(C)(C)C)cc(C(C)(C)C)c3)cc2)cc(C(C)C)c1-n1c(-c2[c-]ccc3c2oc2cc4c(ccc5ccccc54)cc23)nc2ccccc21.[2H]C([2H])([2H])c1c[c-]c(-c2ccc(C(C)(C)C)cn2)cc1-c1ccccc1.[Ir]. The first kappa shape index (κ1) is 55.6. The Hall–Kier alpha value is -8.21. The fourth-order valence-corrected chi connectivity index (χ4v) is 11.8. The monoisotopic (exact) mass is 1300 g/mol. The molecule has 0 aliphatic rings. The summed E-state index contributed by atoms with van der Waals surface area (Å²) in [5.41, 5.74) is 20.7. The maximum atomic E-state index is 7.83. The number of hydrogen-bond donors (Lipinski definition) is 0. The van der Waals surface area contributed by atoms with Gasteiger partial charge in [-0.05, 0) is 147 Å². The third-order valence-corrected chi connectivity index (χ3v) is 16.9. The van der Waals surface area contributed by atoms with E-state index >= 15 is 0 Å². The first-order valence-corrected chi connectivity index (χ1v) is 30.0. The molecule has 3 aromatic heterocycles. The fourth-order valence-electron chi connectivity index (χ4n) is 11.8. The zero-order valence-electron chi connectivity index (χ0n) is 54.8. The number of pyridine rings is 1. The molecule has 0 aliphatic heterocycles. The maximum Gasteiger partial charge on any atom is 0.121 e. The van der Waals surface area contributed by atoms with Gasteiger partial charge < -0.3 is 14.0 Å². The zero-order valence-corrected chi connectivity index (χ0v) is 54.2. The average Bonchev–Trinajstić information content (AvgIpc) is 1.63. The van der Waals surface area contributed by atoms with Gasteiger partial charge in [0.1, 0.15) is 5.58 Å². The van der Waals surface area contributed by atoms with Crippen molar-refractivity contribution in [1.82, 2.24) is 14.5 Å². The van der Waals surface area contributed by atoms with Crippen LogP contribution in [0.15, 0.2) is 205 Å². The third-order valence-electron chi connectivity index (χ3n) is 16.9. The smallest absolute Gasteiger partial charge is 0.121 e. The van der Waals surface area contributed by atoms with E-state index in [0.717, 1.165) is 66.7 Å². The number of fused-ring (bicyclic) bond motifs is 7. The molecule has 13 aromatic rings. The number of aryl methyl sites for hydroxylation is 1. The Morgan fingerprint density at radius 1 is 0.512 bits per heavy atom. The molecule has 13 rings (SSSR count). The van der Waals surface area contributed by atoms with Crippen molar-refractivity contribution in [1.29, 1.82) is 0 Å². The largest absolute Gasteiger partial charge is 0.501 e. The molecule has 0 fully saturated rings. The molecule has 10 aromatic carbocycles. The van der Waals surface area contributed by atoms with Crippen molar-refractivity contribution in [3.63, 3.8) is 0 Å². The topological polar surface area (TPSA) is 43.9 Å². The van der Waals surface area contributed by atoms with E-state index in [4.69, 9.17) is 13.5 Å². The molecule has 86 heavy (non-hydrogen) atoms. The number of furan rings is 1. The molecule has 0 bridgehead atoms. The van der Waals surface area contributed by atoms with E-state index in [9.17, 15) is 0 Å². The molecule has 4 nitrogen and oxygen atoms in total. The van der Waals surface area contributed by atoms with E-state index < -0.39 is 6.85 Å². The molecule has 1 radical (unpaired) electrons. The molecule has 0 aliphatic carbocycles. The summed E-state index contributed by atoms with van der Waals surface area (Å²) in [6.07, 6.45) is 1.88. The van der Waals surface area contributed by atoms with Gasteiger partial charge in [0.05, 0.1) is 22.4 Å². The molecule has 0 N–H and O–H groups in total. The summed E-state index contributed by atoms with van der Waals surface area (Å²) in [4.78, 5) is 9.98. The van der Waals surface area contributed by atoms with Crippen LogP contribution in [0, 0.1) is 19.0 Å². The van der Waals surface area contributed by atoms with Crippen LogP contribution in [0.5, 0.6) is 0 Å². The fraction of sp³-hybridized carbons (Fsp3) is 0.235. The molecule has 0 saturated carbocycles. The van der Waals surface area contributed by atoms with Crippen molar-refractivity contribution >= 4 is 54.5 Å². The maximum absolute atomic E-state index is 7.83. The number of benzene rings is 10. The summed E-state index contributed by atoms with van der Waals surface area (Å²) in [6.45, 7) is 27.3. The minimum absolute atomic E-state index is 0. The summed E-state index contributed by atoms with van der Waals surface area (Å²) >= 11 is 0. The zero-order chi connectivity index (χ0) is 62.2. The van der Waals surface area contributed by atoms with Crippen LogP contribution in [0.3, 0.4) is 0 Å². The van der Waals surface area contributed by atoms with Gasteiger partial charge in [0.2, 0.25) is 0 Å². The van der Waals surface area contributed by atoms with Gasteiger partial charge in [-0.3, -0.25) is 4.98 Å². The Kier molecular flexibility index (Phi) is 15.0. The first-order valence-electron chi connectivity index (χ1n) is 31.5. The molecule has 433 valence electrons. The van der Waals surface area contributed by atoms with Crippen LogP contribution in [0.4, 0.5) is 0 Å². The van der Waals surface area contributed by atoms with E-state index in [2.05, 4.69) is 251 Å². The Labute approximate surface area is 527 Å². The van der Waals surface area contributed by atoms with Crippen molar-refractivity contribution in [2.75, 3.05) is 0 Å². The summed E-state index contributed by atoms with van der Waals surface area (Å²) in [6, 6.07) is 75.2. The normalized spacial score (nSPS) is 12.8. The Bertz CT molecular complexity index is 4700. The summed E-state index contributed by atoms with van der Waals surface area (Å²) in [5, 5.41) is 6.99. The molecule has 0 saturated heterocycles. The molecule has 0 unspecified atom stereocenters. The van der Waals surface area contributed by atoms with Crippen molar-refractivity contribution in [2.24, 2.45) is 0 Å². The van der Waals surface area contributed by atoms with Crippen LogP contribution in [-0.2, 0) is 36.4 Å². The third kappa shape index (κ3) is 11.5. The van der Waals surface area contributed by atoms with Crippen LogP contribution in [0.2, 0.25) is 0 Å². The van der Waals surface area contributed by atoms with Crippen molar-refractivity contribution in [3.05, 3.63) is 246 Å². The second kappa shape index (κ2) is 23.2. The Balaban J connectivity index is 0.000000254. The minimum atomic E-state index is -2.19. The molecule has 0 amide bonds. The van der Waals surface area contributed by atoms with Gasteiger partial charge in [-0.1, -0.05) is 247 Å².